The number of ether oxygens (including phenoxy) is 1. The van der Waals surface area contributed by atoms with Gasteiger partial charge >= 0.3 is 0 Å². The Morgan fingerprint density at radius 1 is 1.44 bits per heavy atom. The summed E-state index contributed by atoms with van der Waals surface area (Å²) < 4.78 is 7.29. The average Bonchev–Trinajstić information content (AvgIpc) is 2.65. The fraction of sp³-hybridized carbons (Fsp3) is 0.385. The SMILES string of the molecule is COc1ccc2c(c1)c(CC(N)CO)cn2C.Cl. The van der Waals surface area contributed by atoms with Gasteiger partial charge in [0.15, 0.2) is 0 Å². The topological polar surface area (TPSA) is 60.4 Å². The Morgan fingerprint density at radius 2 is 2.17 bits per heavy atom. The van der Waals surface area contributed by atoms with E-state index in [2.05, 4.69) is 10.8 Å². The van der Waals surface area contributed by atoms with Crippen LogP contribution >= 0.6 is 12.4 Å². The Morgan fingerprint density at radius 3 is 2.78 bits per heavy atom. The van der Waals surface area contributed by atoms with Gasteiger partial charge in [0.1, 0.15) is 5.75 Å². The highest BCUT2D eigenvalue weighted by atomic mass is 35.5. The minimum atomic E-state index is -0.216. The van der Waals surface area contributed by atoms with Crippen molar-refractivity contribution in [1.29, 1.82) is 0 Å². The van der Waals surface area contributed by atoms with Crippen LogP contribution < -0.4 is 10.5 Å². The number of aromatic nitrogens is 1. The molecule has 2 aromatic rings. The zero-order valence-corrected chi connectivity index (χ0v) is 11.4. The molecule has 18 heavy (non-hydrogen) atoms. The molecule has 0 amide bonds. The molecule has 0 saturated heterocycles. The number of aryl methyl sites for hydroxylation is 1. The molecule has 0 spiro atoms. The number of benzene rings is 1. The number of nitrogens with zero attached hydrogens (tertiary/aromatic N) is 1. The molecule has 1 aromatic carbocycles. The van der Waals surface area contributed by atoms with E-state index in [1.165, 1.54) is 0 Å². The van der Waals surface area contributed by atoms with Gasteiger partial charge in [0, 0.05) is 30.2 Å². The third-order valence-corrected chi connectivity index (χ3v) is 3.00. The molecule has 4 nitrogen and oxygen atoms in total. The maximum Gasteiger partial charge on any atom is 0.119 e. The van der Waals surface area contributed by atoms with Crippen LogP contribution in [0.25, 0.3) is 10.9 Å². The summed E-state index contributed by atoms with van der Waals surface area (Å²) in [5.74, 6) is 0.836. The van der Waals surface area contributed by atoms with Gasteiger partial charge in [0.2, 0.25) is 0 Å². The third-order valence-electron chi connectivity index (χ3n) is 3.00. The molecule has 0 bridgehead atoms. The van der Waals surface area contributed by atoms with Crippen molar-refractivity contribution < 1.29 is 9.84 Å². The number of nitrogens with two attached hydrogens (primary N) is 1. The third kappa shape index (κ3) is 2.77. The van der Waals surface area contributed by atoms with E-state index in [-0.39, 0.29) is 25.1 Å². The largest absolute Gasteiger partial charge is 0.497 e. The summed E-state index contributed by atoms with van der Waals surface area (Å²) in [4.78, 5) is 0. The van der Waals surface area contributed by atoms with Crippen LogP contribution in [0.1, 0.15) is 5.56 Å². The van der Waals surface area contributed by atoms with Gasteiger partial charge in [-0.15, -0.1) is 12.4 Å². The number of halogens is 1. The Balaban J connectivity index is 0.00000162. The minimum Gasteiger partial charge on any atom is -0.497 e. The van der Waals surface area contributed by atoms with Gasteiger partial charge in [0.05, 0.1) is 13.7 Å². The van der Waals surface area contributed by atoms with Crippen LogP contribution in [0.3, 0.4) is 0 Å². The lowest BCUT2D eigenvalue weighted by Crippen LogP contribution is -2.26. The lowest BCUT2D eigenvalue weighted by atomic mass is 10.1. The van der Waals surface area contributed by atoms with E-state index in [0.29, 0.717) is 6.42 Å². The molecule has 0 fully saturated rings. The molecule has 3 N–H and O–H groups in total. The van der Waals surface area contributed by atoms with Crippen molar-refractivity contribution in [2.75, 3.05) is 13.7 Å². The highest BCUT2D eigenvalue weighted by molar-refractivity contribution is 5.85. The molecule has 0 saturated carbocycles. The number of aliphatic hydroxyl groups is 1. The van der Waals surface area contributed by atoms with Gasteiger partial charge in [-0.05, 0) is 30.2 Å². The van der Waals surface area contributed by atoms with Gasteiger partial charge in [-0.3, -0.25) is 0 Å². The number of hydrogen-bond donors (Lipinski definition) is 2. The van der Waals surface area contributed by atoms with Crippen LogP contribution in [0, 0.1) is 0 Å². The van der Waals surface area contributed by atoms with Crippen LogP contribution in [0.4, 0.5) is 0 Å². The van der Waals surface area contributed by atoms with Crippen molar-refractivity contribution in [2.45, 2.75) is 12.5 Å². The number of aliphatic hydroxyl groups excluding tert-OH is 1. The lowest BCUT2D eigenvalue weighted by Gasteiger charge is -2.07. The van der Waals surface area contributed by atoms with E-state index < -0.39 is 0 Å². The zero-order chi connectivity index (χ0) is 12.4. The van der Waals surface area contributed by atoms with Crippen molar-refractivity contribution in [2.24, 2.45) is 12.8 Å². The zero-order valence-electron chi connectivity index (χ0n) is 10.6. The molecular weight excluding hydrogens is 252 g/mol. The number of hydrogen-bond acceptors (Lipinski definition) is 3. The van der Waals surface area contributed by atoms with Crippen LogP contribution in [0.2, 0.25) is 0 Å². The first-order valence-corrected chi connectivity index (χ1v) is 5.64. The van der Waals surface area contributed by atoms with Crippen molar-refractivity contribution in [3.63, 3.8) is 0 Å². The molecule has 1 atom stereocenters. The van der Waals surface area contributed by atoms with Gasteiger partial charge < -0.3 is 20.1 Å². The number of methoxy groups -OCH3 is 1. The summed E-state index contributed by atoms with van der Waals surface area (Å²) in [5, 5.41) is 10.2. The van der Waals surface area contributed by atoms with Gasteiger partial charge in [-0.2, -0.15) is 0 Å². The van der Waals surface area contributed by atoms with Crippen LogP contribution in [-0.4, -0.2) is 29.4 Å². The second kappa shape index (κ2) is 6.09. The molecule has 1 heterocycles. The number of rotatable bonds is 4. The van der Waals surface area contributed by atoms with E-state index >= 15 is 0 Å². The summed E-state index contributed by atoms with van der Waals surface area (Å²) in [6.45, 7) is 0.000353. The Bertz CT molecular complexity index is 525. The summed E-state index contributed by atoms with van der Waals surface area (Å²) in [7, 11) is 3.66. The predicted octanol–water partition coefficient (Wildman–Crippen LogP) is 1.47. The minimum absolute atomic E-state index is 0. The summed E-state index contributed by atoms with van der Waals surface area (Å²) >= 11 is 0. The fourth-order valence-electron chi connectivity index (χ4n) is 2.09. The highest BCUT2D eigenvalue weighted by Crippen LogP contribution is 2.26. The molecule has 2 rings (SSSR count). The van der Waals surface area contributed by atoms with Crippen molar-refractivity contribution in [1.82, 2.24) is 4.57 Å². The molecule has 0 aliphatic rings. The summed E-state index contributed by atoms with van der Waals surface area (Å²) in [6.07, 6.45) is 2.72. The monoisotopic (exact) mass is 270 g/mol. The quantitative estimate of drug-likeness (QED) is 0.885. The smallest absolute Gasteiger partial charge is 0.119 e. The average molecular weight is 271 g/mol. The van der Waals surface area contributed by atoms with Gasteiger partial charge in [0.25, 0.3) is 0 Å². The van der Waals surface area contributed by atoms with Crippen LogP contribution in [0.15, 0.2) is 24.4 Å². The fourth-order valence-corrected chi connectivity index (χ4v) is 2.09. The Hall–Kier alpha value is -1.23. The molecule has 100 valence electrons. The predicted molar refractivity (Wildman–Crippen MR) is 75.5 cm³/mol. The van der Waals surface area contributed by atoms with Crippen LogP contribution in [0.5, 0.6) is 5.75 Å². The van der Waals surface area contributed by atoms with E-state index in [1.807, 2.05) is 25.2 Å². The molecule has 1 aromatic heterocycles. The maximum atomic E-state index is 9.02. The molecule has 0 radical (unpaired) electrons. The Labute approximate surface area is 113 Å². The standard InChI is InChI=1S/C13H18N2O2.ClH/c1-15-7-9(5-10(14)8-16)12-6-11(17-2)3-4-13(12)15;/h3-4,6-7,10,16H,5,8,14H2,1-2H3;1H. The number of fused-ring (bicyclic) bond motifs is 1. The summed E-state index contributed by atoms with van der Waals surface area (Å²) in [6, 6.07) is 5.77. The first-order valence-electron chi connectivity index (χ1n) is 5.64. The van der Waals surface area contributed by atoms with E-state index in [9.17, 15) is 0 Å². The molecule has 5 heteroatoms. The second-order valence-corrected chi connectivity index (χ2v) is 4.30. The molecule has 1 unspecified atom stereocenters. The van der Waals surface area contributed by atoms with E-state index in [4.69, 9.17) is 15.6 Å². The Kier molecular flexibility index (Phi) is 5.02. The van der Waals surface area contributed by atoms with Crippen molar-refractivity contribution in [3.8, 4) is 5.75 Å². The van der Waals surface area contributed by atoms with Gasteiger partial charge in [-0.1, -0.05) is 0 Å². The molecule has 0 aliphatic carbocycles. The van der Waals surface area contributed by atoms with Crippen molar-refractivity contribution in [3.05, 3.63) is 30.0 Å². The van der Waals surface area contributed by atoms with Gasteiger partial charge in [-0.25, -0.2) is 0 Å². The lowest BCUT2D eigenvalue weighted by molar-refractivity contribution is 0.265. The normalized spacial score (nSPS) is 12.2. The van der Waals surface area contributed by atoms with E-state index in [0.717, 1.165) is 22.2 Å². The first kappa shape index (κ1) is 14.8. The molecular formula is C13H19ClN2O2. The second-order valence-electron chi connectivity index (χ2n) is 4.30. The maximum absolute atomic E-state index is 9.02. The summed E-state index contributed by atoms with van der Waals surface area (Å²) in [5.41, 5.74) is 8.07. The van der Waals surface area contributed by atoms with Crippen LogP contribution in [-0.2, 0) is 13.5 Å². The molecule has 0 aliphatic heterocycles. The highest BCUT2D eigenvalue weighted by Gasteiger charge is 2.10. The van der Waals surface area contributed by atoms with E-state index in [1.54, 1.807) is 7.11 Å². The van der Waals surface area contributed by atoms with Crippen molar-refractivity contribution >= 4 is 23.3 Å². The first-order chi connectivity index (χ1) is 8.15.